The smallest absolute Gasteiger partial charge is 0.335 e. The predicted octanol–water partition coefficient (Wildman–Crippen LogP) is 3.44. The van der Waals surface area contributed by atoms with Crippen LogP contribution >= 0.6 is 0 Å². The van der Waals surface area contributed by atoms with Crippen LogP contribution in [0.1, 0.15) is 56.0 Å². The van der Waals surface area contributed by atoms with Crippen molar-refractivity contribution in [2.45, 2.75) is 52.1 Å². The van der Waals surface area contributed by atoms with E-state index in [1.54, 1.807) is 18.2 Å². The van der Waals surface area contributed by atoms with Crippen LogP contribution in [-0.2, 0) is 16.0 Å². The minimum absolute atomic E-state index is 0.184. The molecule has 0 aromatic heterocycles. The van der Waals surface area contributed by atoms with E-state index in [-0.39, 0.29) is 5.97 Å². The Labute approximate surface area is 119 Å². The van der Waals surface area contributed by atoms with Gasteiger partial charge in [0.25, 0.3) is 0 Å². The van der Waals surface area contributed by atoms with Crippen LogP contribution in [0.3, 0.4) is 0 Å². The van der Waals surface area contributed by atoms with Crippen molar-refractivity contribution < 1.29 is 19.4 Å². The number of carbonyl (C=O) groups excluding carboxylic acids is 1. The van der Waals surface area contributed by atoms with Crippen LogP contribution in [0, 0.1) is 0 Å². The molecule has 0 atom stereocenters. The zero-order valence-electron chi connectivity index (χ0n) is 12.3. The lowest BCUT2D eigenvalue weighted by Gasteiger charge is -2.19. The van der Waals surface area contributed by atoms with Gasteiger partial charge in [-0.2, -0.15) is 0 Å². The largest absolute Gasteiger partial charge is 0.478 e. The summed E-state index contributed by atoms with van der Waals surface area (Å²) >= 11 is 0. The molecule has 0 amide bonds. The number of aryl methyl sites for hydroxylation is 1. The van der Waals surface area contributed by atoms with E-state index in [9.17, 15) is 9.59 Å². The van der Waals surface area contributed by atoms with E-state index in [0.717, 1.165) is 24.8 Å². The molecule has 0 fully saturated rings. The second-order valence-corrected chi connectivity index (χ2v) is 5.80. The topological polar surface area (TPSA) is 63.6 Å². The first-order valence-corrected chi connectivity index (χ1v) is 6.82. The highest BCUT2D eigenvalue weighted by Gasteiger charge is 2.15. The lowest BCUT2D eigenvalue weighted by Crippen LogP contribution is -2.23. The molecule has 0 bridgehead atoms. The molecule has 0 heterocycles. The van der Waals surface area contributed by atoms with Gasteiger partial charge in [-0.3, -0.25) is 4.79 Å². The molecule has 1 rings (SSSR count). The van der Waals surface area contributed by atoms with E-state index in [1.807, 2.05) is 26.8 Å². The van der Waals surface area contributed by atoms with Crippen LogP contribution in [0.5, 0.6) is 0 Å². The van der Waals surface area contributed by atoms with Crippen molar-refractivity contribution >= 4 is 11.9 Å². The summed E-state index contributed by atoms with van der Waals surface area (Å²) in [5, 5.41) is 8.90. The van der Waals surface area contributed by atoms with E-state index >= 15 is 0 Å². The average molecular weight is 278 g/mol. The van der Waals surface area contributed by atoms with Crippen molar-refractivity contribution in [3.63, 3.8) is 0 Å². The van der Waals surface area contributed by atoms with Gasteiger partial charge in [-0.05, 0) is 57.7 Å². The summed E-state index contributed by atoms with van der Waals surface area (Å²) in [6.07, 6.45) is 2.74. The van der Waals surface area contributed by atoms with Gasteiger partial charge in [0.05, 0.1) is 5.56 Å². The Hall–Kier alpha value is -1.84. The monoisotopic (exact) mass is 278 g/mol. The fraction of sp³-hybridized carbons (Fsp3) is 0.500. The van der Waals surface area contributed by atoms with Gasteiger partial charge in [-0.1, -0.05) is 12.1 Å². The summed E-state index contributed by atoms with van der Waals surface area (Å²) in [7, 11) is 0. The quantitative estimate of drug-likeness (QED) is 0.639. The van der Waals surface area contributed by atoms with Gasteiger partial charge in [0.15, 0.2) is 0 Å². The third-order valence-corrected chi connectivity index (χ3v) is 2.69. The first-order valence-electron chi connectivity index (χ1n) is 6.82. The normalized spacial score (nSPS) is 11.2. The van der Waals surface area contributed by atoms with Crippen LogP contribution < -0.4 is 0 Å². The van der Waals surface area contributed by atoms with Crippen LogP contribution in [-0.4, -0.2) is 22.6 Å². The number of esters is 1. The SMILES string of the molecule is CC(C)(C)OC(=O)CCCCc1cccc(C(=O)O)c1. The number of carboxylic acids is 1. The number of carbonyl (C=O) groups is 2. The van der Waals surface area contributed by atoms with Crippen LogP contribution in [0.2, 0.25) is 0 Å². The molecule has 0 saturated carbocycles. The summed E-state index contributed by atoms with van der Waals surface area (Å²) < 4.78 is 5.22. The predicted molar refractivity (Wildman–Crippen MR) is 76.8 cm³/mol. The number of ether oxygens (including phenoxy) is 1. The highest BCUT2D eigenvalue weighted by atomic mass is 16.6. The molecule has 1 aromatic rings. The highest BCUT2D eigenvalue weighted by Crippen LogP contribution is 2.12. The summed E-state index contributed by atoms with van der Waals surface area (Å²) in [5.41, 5.74) is 0.844. The molecule has 1 aromatic carbocycles. The molecule has 0 radical (unpaired) electrons. The Morgan fingerprint density at radius 2 is 1.90 bits per heavy atom. The molecule has 1 N–H and O–H groups in total. The molecule has 0 aliphatic carbocycles. The van der Waals surface area contributed by atoms with Gasteiger partial charge in [0.2, 0.25) is 0 Å². The van der Waals surface area contributed by atoms with E-state index in [2.05, 4.69) is 0 Å². The molecule has 110 valence electrons. The average Bonchev–Trinajstić information content (AvgIpc) is 2.33. The first-order chi connectivity index (χ1) is 9.28. The Morgan fingerprint density at radius 1 is 1.20 bits per heavy atom. The molecule has 0 unspecified atom stereocenters. The zero-order chi connectivity index (χ0) is 15.2. The summed E-state index contributed by atoms with van der Waals surface area (Å²) in [5.74, 6) is -1.10. The Kier molecular flexibility index (Phi) is 5.74. The van der Waals surface area contributed by atoms with Gasteiger partial charge in [-0.15, -0.1) is 0 Å². The third-order valence-electron chi connectivity index (χ3n) is 2.69. The lowest BCUT2D eigenvalue weighted by molar-refractivity contribution is -0.154. The second-order valence-electron chi connectivity index (χ2n) is 5.80. The first kappa shape index (κ1) is 16.2. The van der Waals surface area contributed by atoms with Crippen molar-refractivity contribution in [3.8, 4) is 0 Å². The molecule has 0 aliphatic heterocycles. The maximum atomic E-state index is 11.5. The summed E-state index contributed by atoms with van der Waals surface area (Å²) in [4.78, 5) is 22.4. The minimum atomic E-state index is -0.916. The van der Waals surface area contributed by atoms with Crippen LogP contribution in [0.25, 0.3) is 0 Å². The standard InChI is InChI=1S/C16H22O4/c1-16(2,3)20-14(17)10-5-4-7-12-8-6-9-13(11-12)15(18)19/h6,8-9,11H,4-5,7,10H2,1-3H3,(H,18,19). The van der Waals surface area contributed by atoms with E-state index < -0.39 is 11.6 Å². The number of aromatic carboxylic acids is 1. The Morgan fingerprint density at radius 3 is 2.50 bits per heavy atom. The fourth-order valence-electron chi connectivity index (χ4n) is 1.85. The lowest BCUT2D eigenvalue weighted by atomic mass is 10.0. The Bertz CT molecular complexity index is 472. The van der Waals surface area contributed by atoms with Crippen LogP contribution in [0.4, 0.5) is 0 Å². The van der Waals surface area contributed by atoms with Crippen molar-refractivity contribution in [3.05, 3.63) is 35.4 Å². The summed E-state index contributed by atoms with van der Waals surface area (Å²) in [6.45, 7) is 5.55. The number of hydrogen-bond donors (Lipinski definition) is 1. The maximum Gasteiger partial charge on any atom is 0.335 e. The summed E-state index contributed by atoms with van der Waals surface area (Å²) in [6, 6.07) is 6.90. The maximum absolute atomic E-state index is 11.5. The molecule has 0 aliphatic rings. The molecular weight excluding hydrogens is 256 g/mol. The number of carboxylic acid groups (broad SMARTS) is 1. The molecule has 20 heavy (non-hydrogen) atoms. The van der Waals surface area contributed by atoms with Gasteiger partial charge in [0, 0.05) is 6.42 Å². The van der Waals surface area contributed by atoms with Gasteiger partial charge in [-0.25, -0.2) is 4.79 Å². The fourth-order valence-corrected chi connectivity index (χ4v) is 1.85. The van der Waals surface area contributed by atoms with Gasteiger partial charge < -0.3 is 9.84 Å². The van der Waals surface area contributed by atoms with Crippen molar-refractivity contribution in [1.29, 1.82) is 0 Å². The second kappa shape index (κ2) is 7.08. The number of hydrogen-bond acceptors (Lipinski definition) is 3. The number of rotatable bonds is 6. The number of unbranched alkanes of at least 4 members (excludes halogenated alkanes) is 1. The van der Waals surface area contributed by atoms with Gasteiger partial charge >= 0.3 is 11.9 Å². The van der Waals surface area contributed by atoms with Crippen molar-refractivity contribution in [2.24, 2.45) is 0 Å². The molecule has 4 nitrogen and oxygen atoms in total. The highest BCUT2D eigenvalue weighted by molar-refractivity contribution is 5.87. The van der Waals surface area contributed by atoms with E-state index in [1.165, 1.54) is 0 Å². The Balaban J connectivity index is 2.33. The zero-order valence-corrected chi connectivity index (χ0v) is 12.3. The van der Waals surface area contributed by atoms with Crippen molar-refractivity contribution in [2.75, 3.05) is 0 Å². The molecule has 0 saturated heterocycles. The van der Waals surface area contributed by atoms with Crippen LogP contribution in [0.15, 0.2) is 24.3 Å². The third kappa shape index (κ3) is 6.36. The molecule has 0 spiro atoms. The van der Waals surface area contributed by atoms with Gasteiger partial charge in [0.1, 0.15) is 5.60 Å². The van der Waals surface area contributed by atoms with E-state index in [0.29, 0.717) is 12.0 Å². The van der Waals surface area contributed by atoms with E-state index in [4.69, 9.17) is 9.84 Å². The number of benzene rings is 1. The minimum Gasteiger partial charge on any atom is -0.478 e. The molecular formula is C16H22O4. The van der Waals surface area contributed by atoms with Crippen molar-refractivity contribution in [1.82, 2.24) is 0 Å². The molecule has 4 heteroatoms.